The first-order valence-electron chi connectivity index (χ1n) is 3.91. The number of nitrogens with zero attached hydrogens (tertiary/aromatic N) is 2. The van der Waals surface area contributed by atoms with E-state index in [1.807, 2.05) is 13.0 Å². The minimum absolute atomic E-state index is 0.0935. The molecule has 1 aromatic rings. The normalized spacial score (nSPS) is 11.8. The Labute approximate surface area is 81.6 Å². The third-order valence-electron chi connectivity index (χ3n) is 1.58. The summed E-state index contributed by atoms with van der Waals surface area (Å²) in [5.74, 6) is 0.814. The molecule has 3 heteroatoms. The average molecular weight is 229 g/mol. The second-order valence-corrected chi connectivity index (χ2v) is 4.69. The molecule has 0 aliphatic heterocycles. The molecular weight excluding hydrogens is 216 g/mol. The van der Waals surface area contributed by atoms with Crippen LogP contribution in [0.25, 0.3) is 0 Å². The van der Waals surface area contributed by atoms with E-state index in [-0.39, 0.29) is 5.41 Å². The van der Waals surface area contributed by atoms with Crippen LogP contribution in [0, 0.1) is 6.92 Å². The number of hydrogen-bond donors (Lipinski definition) is 0. The molecule has 0 atom stereocenters. The lowest BCUT2D eigenvalue weighted by atomic mass is 9.92. The zero-order chi connectivity index (χ0) is 9.35. The molecule has 0 bridgehead atoms. The summed E-state index contributed by atoms with van der Waals surface area (Å²) in [6.45, 7) is 8.32. The lowest BCUT2D eigenvalue weighted by Crippen LogP contribution is -2.14. The van der Waals surface area contributed by atoms with Crippen molar-refractivity contribution in [1.82, 2.24) is 9.97 Å². The lowest BCUT2D eigenvalue weighted by Gasteiger charge is -2.17. The molecule has 2 nitrogen and oxygen atoms in total. The summed E-state index contributed by atoms with van der Waals surface area (Å²) in [5.41, 5.74) is 1.16. The third-order valence-corrected chi connectivity index (χ3v) is 1.98. The van der Waals surface area contributed by atoms with Crippen LogP contribution in [-0.2, 0) is 5.41 Å². The van der Waals surface area contributed by atoms with Gasteiger partial charge in [0.15, 0.2) is 0 Å². The quantitative estimate of drug-likeness (QED) is 0.639. The first-order chi connectivity index (χ1) is 5.39. The van der Waals surface area contributed by atoms with Crippen molar-refractivity contribution >= 4 is 15.9 Å². The van der Waals surface area contributed by atoms with Crippen molar-refractivity contribution < 1.29 is 0 Å². The number of rotatable bonds is 0. The maximum atomic E-state index is 4.36. The molecule has 0 amide bonds. The SMILES string of the molecule is Cc1nc(Br)cc(C(C)(C)C)n1. The Hall–Kier alpha value is -0.440. The topological polar surface area (TPSA) is 25.8 Å². The molecule has 0 unspecified atom stereocenters. The van der Waals surface area contributed by atoms with Gasteiger partial charge in [-0.15, -0.1) is 0 Å². The molecular formula is C9H13BrN2. The summed E-state index contributed by atoms with van der Waals surface area (Å²) < 4.78 is 0.861. The molecule has 0 aromatic carbocycles. The van der Waals surface area contributed by atoms with Gasteiger partial charge in [-0.05, 0) is 28.9 Å². The minimum atomic E-state index is 0.0935. The number of halogens is 1. The largest absolute Gasteiger partial charge is 0.238 e. The summed E-state index contributed by atoms with van der Waals surface area (Å²) in [4.78, 5) is 8.52. The van der Waals surface area contributed by atoms with Gasteiger partial charge in [0, 0.05) is 5.41 Å². The second kappa shape index (κ2) is 3.13. The van der Waals surface area contributed by atoms with E-state index >= 15 is 0 Å². The van der Waals surface area contributed by atoms with Crippen molar-refractivity contribution in [1.29, 1.82) is 0 Å². The average Bonchev–Trinajstić information content (AvgIpc) is 1.82. The molecule has 0 aliphatic rings. The molecule has 0 saturated heterocycles. The molecule has 0 radical (unpaired) electrons. The van der Waals surface area contributed by atoms with Gasteiger partial charge in [0.25, 0.3) is 0 Å². The van der Waals surface area contributed by atoms with Crippen LogP contribution in [0.2, 0.25) is 0 Å². The van der Waals surface area contributed by atoms with Gasteiger partial charge in [0.05, 0.1) is 5.69 Å². The van der Waals surface area contributed by atoms with Gasteiger partial charge >= 0.3 is 0 Å². The molecule has 0 aliphatic carbocycles. The van der Waals surface area contributed by atoms with Gasteiger partial charge in [0.1, 0.15) is 10.4 Å². The molecule has 12 heavy (non-hydrogen) atoms. The van der Waals surface area contributed by atoms with Crippen molar-refractivity contribution in [3.8, 4) is 0 Å². The van der Waals surface area contributed by atoms with Crippen LogP contribution in [0.1, 0.15) is 32.3 Å². The second-order valence-electron chi connectivity index (χ2n) is 3.87. The van der Waals surface area contributed by atoms with Crippen LogP contribution < -0.4 is 0 Å². The van der Waals surface area contributed by atoms with Gasteiger partial charge in [-0.1, -0.05) is 20.8 Å². The van der Waals surface area contributed by atoms with Crippen LogP contribution in [0.3, 0.4) is 0 Å². The van der Waals surface area contributed by atoms with Gasteiger partial charge < -0.3 is 0 Å². The van der Waals surface area contributed by atoms with Gasteiger partial charge in [-0.2, -0.15) is 0 Å². The first kappa shape index (κ1) is 9.65. The number of hydrogen-bond acceptors (Lipinski definition) is 2. The number of aromatic nitrogens is 2. The fraction of sp³-hybridized carbons (Fsp3) is 0.556. The lowest BCUT2D eigenvalue weighted by molar-refractivity contribution is 0.563. The van der Waals surface area contributed by atoms with Crippen LogP contribution in [0.4, 0.5) is 0 Å². The highest BCUT2D eigenvalue weighted by Gasteiger charge is 2.16. The summed E-state index contributed by atoms with van der Waals surface area (Å²) in [5, 5.41) is 0. The highest BCUT2D eigenvalue weighted by molar-refractivity contribution is 9.10. The zero-order valence-electron chi connectivity index (χ0n) is 7.85. The molecule has 1 aromatic heterocycles. The molecule has 0 spiro atoms. The Kier molecular flexibility index (Phi) is 2.52. The smallest absolute Gasteiger partial charge is 0.126 e. The van der Waals surface area contributed by atoms with E-state index in [4.69, 9.17) is 0 Å². The molecule has 66 valence electrons. The van der Waals surface area contributed by atoms with E-state index in [0.717, 1.165) is 16.1 Å². The van der Waals surface area contributed by atoms with Crippen LogP contribution >= 0.6 is 15.9 Å². The van der Waals surface area contributed by atoms with E-state index in [0.29, 0.717) is 0 Å². The van der Waals surface area contributed by atoms with E-state index in [2.05, 4.69) is 46.7 Å². The van der Waals surface area contributed by atoms with Crippen molar-refractivity contribution in [3.05, 3.63) is 22.2 Å². The van der Waals surface area contributed by atoms with E-state index in [1.165, 1.54) is 0 Å². The Bertz CT molecular complexity index is 269. The van der Waals surface area contributed by atoms with Crippen molar-refractivity contribution in [2.45, 2.75) is 33.1 Å². The molecule has 1 rings (SSSR count). The number of aryl methyl sites for hydroxylation is 1. The van der Waals surface area contributed by atoms with Crippen LogP contribution in [-0.4, -0.2) is 9.97 Å². The highest BCUT2D eigenvalue weighted by atomic mass is 79.9. The summed E-state index contributed by atoms with van der Waals surface area (Å²) in [7, 11) is 0. The van der Waals surface area contributed by atoms with E-state index in [9.17, 15) is 0 Å². The fourth-order valence-corrected chi connectivity index (χ4v) is 1.39. The van der Waals surface area contributed by atoms with Gasteiger partial charge in [0.2, 0.25) is 0 Å². The van der Waals surface area contributed by atoms with E-state index < -0.39 is 0 Å². The van der Waals surface area contributed by atoms with E-state index in [1.54, 1.807) is 0 Å². The summed E-state index contributed by atoms with van der Waals surface area (Å²) in [6, 6.07) is 1.97. The Balaban J connectivity index is 3.18. The maximum absolute atomic E-state index is 4.36. The third kappa shape index (κ3) is 2.27. The Morgan fingerprint density at radius 2 is 1.83 bits per heavy atom. The first-order valence-corrected chi connectivity index (χ1v) is 4.70. The Morgan fingerprint density at radius 3 is 2.25 bits per heavy atom. The summed E-state index contributed by atoms with van der Waals surface area (Å²) in [6.07, 6.45) is 0. The van der Waals surface area contributed by atoms with Gasteiger partial charge in [-0.25, -0.2) is 9.97 Å². The predicted molar refractivity (Wildman–Crippen MR) is 53.2 cm³/mol. The Morgan fingerprint density at radius 1 is 1.25 bits per heavy atom. The summed E-state index contributed by atoms with van der Waals surface area (Å²) >= 11 is 3.35. The van der Waals surface area contributed by atoms with Crippen molar-refractivity contribution in [2.75, 3.05) is 0 Å². The molecule has 1 heterocycles. The van der Waals surface area contributed by atoms with Crippen molar-refractivity contribution in [2.24, 2.45) is 0 Å². The zero-order valence-corrected chi connectivity index (χ0v) is 9.44. The van der Waals surface area contributed by atoms with Crippen molar-refractivity contribution in [3.63, 3.8) is 0 Å². The maximum Gasteiger partial charge on any atom is 0.126 e. The van der Waals surface area contributed by atoms with Crippen LogP contribution in [0.5, 0.6) is 0 Å². The predicted octanol–water partition coefficient (Wildman–Crippen LogP) is 2.85. The molecule has 0 saturated carbocycles. The molecule has 0 N–H and O–H groups in total. The minimum Gasteiger partial charge on any atom is -0.238 e. The highest BCUT2D eigenvalue weighted by Crippen LogP contribution is 2.21. The van der Waals surface area contributed by atoms with Gasteiger partial charge in [-0.3, -0.25) is 0 Å². The fourth-order valence-electron chi connectivity index (χ4n) is 0.915. The molecule has 0 fully saturated rings. The van der Waals surface area contributed by atoms with Crippen LogP contribution in [0.15, 0.2) is 10.7 Å². The monoisotopic (exact) mass is 228 g/mol. The standard InChI is InChI=1S/C9H13BrN2/c1-6-11-7(9(2,3)4)5-8(10)12-6/h5H,1-4H3.